The van der Waals surface area contributed by atoms with Crippen LogP contribution in [0, 0.1) is 0 Å². The lowest BCUT2D eigenvalue weighted by molar-refractivity contribution is 0.302. The fraction of sp³-hybridized carbons (Fsp3) is 0.625. The minimum absolute atomic E-state index is 0.412. The Hall–Kier alpha value is -1.06. The molecule has 1 unspecified atom stereocenters. The van der Waals surface area contributed by atoms with Gasteiger partial charge in [-0.05, 0) is 64.1 Å². The molecule has 1 aliphatic rings. The molecule has 19 heavy (non-hydrogen) atoms. The van der Waals surface area contributed by atoms with Gasteiger partial charge in [0, 0.05) is 6.04 Å². The van der Waals surface area contributed by atoms with Gasteiger partial charge in [-0.2, -0.15) is 0 Å². The predicted molar refractivity (Wildman–Crippen MR) is 79.7 cm³/mol. The molecule has 0 spiro atoms. The van der Waals surface area contributed by atoms with Crippen molar-refractivity contribution in [2.24, 2.45) is 0 Å². The fourth-order valence-corrected chi connectivity index (χ4v) is 2.20. The zero-order chi connectivity index (χ0) is 13.7. The minimum atomic E-state index is 0.412. The summed E-state index contributed by atoms with van der Waals surface area (Å²) in [6.45, 7) is 4.24. The van der Waals surface area contributed by atoms with Crippen LogP contribution in [0.1, 0.15) is 37.8 Å². The van der Waals surface area contributed by atoms with Crippen molar-refractivity contribution >= 4 is 0 Å². The molecule has 1 aliphatic carbocycles. The first-order valence-corrected chi connectivity index (χ1v) is 7.33. The second kappa shape index (κ2) is 6.92. The predicted octanol–water partition coefficient (Wildman–Crippen LogP) is 2.83. The van der Waals surface area contributed by atoms with Crippen LogP contribution in [-0.4, -0.2) is 38.2 Å². The zero-order valence-corrected chi connectivity index (χ0v) is 12.4. The van der Waals surface area contributed by atoms with Gasteiger partial charge in [-0.3, -0.25) is 0 Å². The van der Waals surface area contributed by atoms with E-state index in [9.17, 15) is 0 Å². The van der Waals surface area contributed by atoms with Gasteiger partial charge in [-0.1, -0.05) is 19.1 Å². The van der Waals surface area contributed by atoms with Crippen molar-refractivity contribution in [2.75, 3.05) is 27.2 Å². The number of hydrogen-bond donors (Lipinski definition) is 1. The van der Waals surface area contributed by atoms with Gasteiger partial charge in [0.25, 0.3) is 0 Å². The Morgan fingerprint density at radius 2 is 2.16 bits per heavy atom. The third kappa shape index (κ3) is 4.84. The molecule has 0 aliphatic heterocycles. The molecule has 1 N–H and O–H groups in total. The topological polar surface area (TPSA) is 24.5 Å². The molecule has 0 amide bonds. The Labute approximate surface area is 116 Å². The molecule has 3 nitrogen and oxygen atoms in total. The highest BCUT2D eigenvalue weighted by Crippen LogP contribution is 2.28. The van der Waals surface area contributed by atoms with Crippen LogP contribution < -0.4 is 10.1 Å². The summed E-state index contributed by atoms with van der Waals surface area (Å²) < 4.78 is 5.88. The Morgan fingerprint density at radius 3 is 2.79 bits per heavy atom. The molecule has 2 rings (SSSR count). The summed E-state index contributed by atoms with van der Waals surface area (Å²) in [7, 11) is 4.24. The first kappa shape index (κ1) is 14.4. The molecule has 106 valence electrons. The average Bonchev–Trinajstić information content (AvgIpc) is 3.18. The molecular weight excluding hydrogens is 236 g/mol. The van der Waals surface area contributed by atoms with Crippen LogP contribution >= 0.6 is 0 Å². The summed E-state index contributed by atoms with van der Waals surface area (Å²) in [6, 6.07) is 8.98. The second-order valence-corrected chi connectivity index (χ2v) is 5.59. The SMILES string of the molecule is CCNC(CCN(C)C)c1cccc(OC2CC2)c1. The van der Waals surface area contributed by atoms with Crippen molar-refractivity contribution in [3.05, 3.63) is 29.8 Å². The van der Waals surface area contributed by atoms with Crippen LogP contribution in [0.25, 0.3) is 0 Å². The molecule has 1 atom stereocenters. The first-order valence-electron chi connectivity index (χ1n) is 7.33. The highest BCUT2D eigenvalue weighted by atomic mass is 16.5. The van der Waals surface area contributed by atoms with Gasteiger partial charge in [0.15, 0.2) is 0 Å². The maximum atomic E-state index is 5.88. The minimum Gasteiger partial charge on any atom is -0.490 e. The van der Waals surface area contributed by atoms with Crippen LogP contribution in [0.15, 0.2) is 24.3 Å². The second-order valence-electron chi connectivity index (χ2n) is 5.59. The van der Waals surface area contributed by atoms with Crippen molar-refractivity contribution in [1.29, 1.82) is 0 Å². The molecule has 0 bridgehead atoms. The molecule has 1 aromatic rings. The van der Waals surface area contributed by atoms with E-state index in [4.69, 9.17) is 4.74 Å². The van der Waals surface area contributed by atoms with E-state index in [1.807, 2.05) is 0 Å². The molecule has 0 aromatic heterocycles. The van der Waals surface area contributed by atoms with Crippen LogP contribution in [-0.2, 0) is 0 Å². The van der Waals surface area contributed by atoms with E-state index in [0.717, 1.165) is 25.3 Å². The van der Waals surface area contributed by atoms with Crippen LogP contribution in [0.2, 0.25) is 0 Å². The van der Waals surface area contributed by atoms with Crippen LogP contribution in [0.3, 0.4) is 0 Å². The zero-order valence-electron chi connectivity index (χ0n) is 12.4. The average molecular weight is 262 g/mol. The van der Waals surface area contributed by atoms with Gasteiger partial charge >= 0.3 is 0 Å². The Bertz CT molecular complexity index is 388. The number of nitrogens with one attached hydrogen (secondary N) is 1. The van der Waals surface area contributed by atoms with Crippen molar-refractivity contribution in [3.8, 4) is 5.75 Å². The van der Waals surface area contributed by atoms with Crippen molar-refractivity contribution in [1.82, 2.24) is 10.2 Å². The van der Waals surface area contributed by atoms with E-state index in [1.165, 1.54) is 18.4 Å². The molecule has 1 saturated carbocycles. The highest BCUT2D eigenvalue weighted by Gasteiger charge is 2.23. The van der Waals surface area contributed by atoms with E-state index < -0.39 is 0 Å². The molecule has 1 aromatic carbocycles. The first-order chi connectivity index (χ1) is 9.19. The van der Waals surface area contributed by atoms with Crippen molar-refractivity contribution in [3.63, 3.8) is 0 Å². The number of benzene rings is 1. The van der Waals surface area contributed by atoms with E-state index in [0.29, 0.717) is 12.1 Å². The Balaban J connectivity index is 2.01. The summed E-state index contributed by atoms with van der Waals surface area (Å²) in [6.07, 6.45) is 4.01. The van der Waals surface area contributed by atoms with Crippen LogP contribution in [0.4, 0.5) is 0 Å². The lowest BCUT2D eigenvalue weighted by Gasteiger charge is -2.21. The van der Waals surface area contributed by atoms with Crippen LogP contribution in [0.5, 0.6) is 5.75 Å². The van der Waals surface area contributed by atoms with E-state index in [2.05, 4.69) is 55.5 Å². The number of hydrogen-bond acceptors (Lipinski definition) is 3. The smallest absolute Gasteiger partial charge is 0.120 e. The van der Waals surface area contributed by atoms with Gasteiger partial charge in [-0.25, -0.2) is 0 Å². The van der Waals surface area contributed by atoms with E-state index in [1.54, 1.807) is 0 Å². The number of nitrogens with zero attached hydrogens (tertiary/aromatic N) is 1. The fourth-order valence-electron chi connectivity index (χ4n) is 2.20. The molecule has 3 heteroatoms. The number of ether oxygens (including phenoxy) is 1. The van der Waals surface area contributed by atoms with Gasteiger partial charge in [0.1, 0.15) is 5.75 Å². The third-order valence-electron chi connectivity index (χ3n) is 3.40. The summed E-state index contributed by atoms with van der Waals surface area (Å²) in [4.78, 5) is 2.23. The van der Waals surface area contributed by atoms with Gasteiger partial charge in [0.05, 0.1) is 6.10 Å². The van der Waals surface area contributed by atoms with Gasteiger partial charge in [0.2, 0.25) is 0 Å². The largest absolute Gasteiger partial charge is 0.490 e. The molecule has 0 saturated heterocycles. The van der Waals surface area contributed by atoms with E-state index >= 15 is 0 Å². The molecule has 0 heterocycles. The third-order valence-corrected chi connectivity index (χ3v) is 3.40. The number of rotatable bonds is 8. The maximum Gasteiger partial charge on any atom is 0.120 e. The molecular formula is C16H26N2O. The maximum absolute atomic E-state index is 5.88. The standard InChI is InChI=1S/C16H26N2O/c1-4-17-16(10-11-18(2)3)13-6-5-7-15(12-13)19-14-8-9-14/h5-7,12,14,16-17H,4,8-11H2,1-3H3. The lowest BCUT2D eigenvalue weighted by atomic mass is 10.0. The molecule has 0 radical (unpaired) electrons. The quantitative estimate of drug-likeness (QED) is 0.779. The normalized spacial score (nSPS) is 16.6. The van der Waals surface area contributed by atoms with Gasteiger partial charge < -0.3 is 15.0 Å². The highest BCUT2D eigenvalue weighted by molar-refractivity contribution is 5.31. The molecule has 1 fully saturated rings. The van der Waals surface area contributed by atoms with E-state index in [-0.39, 0.29) is 0 Å². The summed E-state index contributed by atoms with van der Waals surface area (Å²) in [5.74, 6) is 1.02. The lowest BCUT2D eigenvalue weighted by Crippen LogP contribution is -2.25. The monoisotopic (exact) mass is 262 g/mol. The summed E-state index contributed by atoms with van der Waals surface area (Å²) >= 11 is 0. The van der Waals surface area contributed by atoms with Crippen molar-refractivity contribution < 1.29 is 4.74 Å². The summed E-state index contributed by atoms with van der Waals surface area (Å²) in [5, 5.41) is 3.57. The van der Waals surface area contributed by atoms with Gasteiger partial charge in [-0.15, -0.1) is 0 Å². The van der Waals surface area contributed by atoms with Crippen molar-refractivity contribution in [2.45, 2.75) is 38.3 Å². The Kier molecular flexibility index (Phi) is 5.23. The Morgan fingerprint density at radius 1 is 1.37 bits per heavy atom. The summed E-state index contributed by atoms with van der Waals surface area (Å²) in [5.41, 5.74) is 1.34.